The molecule has 2 aromatic rings. The Morgan fingerprint density at radius 2 is 1.92 bits per heavy atom. The predicted octanol–water partition coefficient (Wildman–Crippen LogP) is 4.83. The van der Waals surface area contributed by atoms with Crippen molar-refractivity contribution in [1.29, 1.82) is 0 Å². The van der Waals surface area contributed by atoms with Crippen LogP contribution in [0.3, 0.4) is 0 Å². The molecule has 7 nitrogen and oxygen atoms in total. The molecule has 2 bridgehead atoms. The fraction of sp³-hybridized carbons (Fsp3) is 0.567. The number of carbonyl (C=O) groups is 1. The van der Waals surface area contributed by atoms with Gasteiger partial charge in [0.2, 0.25) is 10.0 Å². The molecule has 1 amide bonds. The van der Waals surface area contributed by atoms with Crippen molar-refractivity contribution >= 4 is 33.2 Å². The molecule has 210 valence electrons. The van der Waals surface area contributed by atoms with Crippen molar-refractivity contribution in [3.8, 4) is 5.75 Å². The molecule has 0 unspecified atom stereocenters. The van der Waals surface area contributed by atoms with E-state index in [4.69, 9.17) is 16.3 Å². The highest BCUT2D eigenvalue weighted by Crippen LogP contribution is 2.47. The monoisotopic (exact) mass is 572 g/mol. The second-order valence-electron chi connectivity index (χ2n) is 12.0. The molecule has 2 aliphatic heterocycles. The summed E-state index contributed by atoms with van der Waals surface area (Å²) < 4.78 is 34.0. The lowest BCUT2D eigenvalue weighted by molar-refractivity contribution is 0.00910. The van der Waals surface area contributed by atoms with E-state index in [1.165, 1.54) is 11.1 Å². The first kappa shape index (κ1) is 26.9. The van der Waals surface area contributed by atoms with Gasteiger partial charge >= 0.3 is 0 Å². The molecule has 1 fully saturated rings. The average Bonchev–Trinajstić information content (AvgIpc) is 3.02. The topological polar surface area (TPSA) is 95.9 Å². The second-order valence-corrected chi connectivity index (χ2v) is 14.2. The zero-order chi connectivity index (χ0) is 27.2. The highest BCUT2D eigenvalue weighted by molar-refractivity contribution is 7.90. The van der Waals surface area contributed by atoms with Crippen molar-refractivity contribution in [2.45, 2.75) is 69.3 Å². The number of fused-ring (bicyclic) bond motifs is 4. The summed E-state index contributed by atoms with van der Waals surface area (Å²) in [6.07, 6.45) is 7.31. The molecule has 0 radical (unpaired) electrons. The summed E-state index contributed by atoms with van der Waals surface area (Å²) in [5, 5.41) is 11.8. The van der Waals surface area contributed by atoms with Crippen molar-refractivity contribution in [1.82, 2.24) is 4.72 Å². The van der Waals surface area contributed by atoms with Crippen LogP contribution in [-0.2, 0) is 21.9 Å². The highest BCUT2D eigenvalue weighted by Gasteiger charge is 2.44. The number of hydrogen-bond acceptors (Lipinski definition) is 6. The molecule has 2 N–H and O–H groups in total. The predicted molar refractivity (Wildman–Crippen MR) is 152 cm³/mol. The van der Waals surface area contributed by atoms with E-state index in [-0.39, 0.29) is 23.2 Å². The smallest absolute Gasteiger partial charge is 0.264 e. The molecule has 0 aromatic heterocycles. The Bertz CT molecular complexity index is 1370. The van der Waals surface area contributed by atoms with Crippen LogP contribution in [0.2, 0.25) is 5.02 Å². The first-order chi connectivity index (χ1) is 18.7. The first-order valence-electron chi connectivity index (χ1n) is 14.3. The van der Waals surface area contributed by atoms with Crippen LogP contribution in [-0.4, -0.2) is 51.0 Å². The van der Waals surface area contributed by atoms with E-state index < -0.39 is 15.9 Å². The van der Waals surface area contributed by atoms with Crippen molar-refractivity contribution < 1.29 is 23.1 Å². The number of ether oxygens (including phenoxy) is 1. The fourth-order valence-corrected chi connectivity index (χ4v) is 8.44. The molecule has 4 aliphatic rings. The molecule has 2 heterocycles. The Morgan fingerprint density at radius 1 is 1.05 bits per heavy atom. The highest BCUT2D eigenvalue weighted by atomic mass is 35.5. The Labute approximate surface area is 235 Å². The van der Waals surface area contributed by atoms with E-state index >= 15 is 0 Å². The molecular formula is C30H37ClN2O5S. The third-order valence-electron chi connectivity index (χ3n) is 9.39. The van der Waals surface area contributed by atoms with Gasteiger partial charge in [-0.05, 0) is 98.2 Å². The summed E-state index contributed by atoms with van der Waals surface area (Å²) >= 11 is 6.37. The van der Waals surface area contributed by atoms with Crippen molar-refractivity contribution in [3.63, 3.8) is 0 Å². The molecule has 39 heavy (non-hydrogen) atoms. The van der Waals surface area contributed by atoms with Crippen molar-refractivity contribution in [3.05, 3.63) is 58.1 Å². The van der Waals surface area contributed by atoms with Crippen LogP contribution in [0, 0.1) is 11.8 Å². The van der Waals surface area contributed by atoms with E-state index in [0.29, 0.717) is 43.1 Å². The van der Waals surface area contributed by atoms with E-state index in [1.807, 2.05) is 6.07 Å². The van der Waals surface area contributed by atoms with Crippen LogP contribution in [0.15, 0.2) is 36.4 Å². The number of aliphatic hydroxyl groups is 1. The Kier molecular flexibility index (Phi) is 7.31. The van der Waals surface area contributed by atoms with Crippen LogP contribution in [0.5, 0.6) is 5.75 Å². The summed E-state index contributed by atoms with van der Waals surface area (Å²) in [6.45, 7) is 1.99. The lowest BCUT2D eigenvalue weighted by atomic mass is 9.68. The largest absolute Gasteiger partial charge is 0.490 e. The lowest BCUT2D eigenvalue weighted by Gasteiger charge is -2.45. The number of anilines is 1. The second kappa shape index (κ2) is 10.6. The maximum atomic E-state index is 13.1. The zero-order valence-electron chi connectivity index (χ0n) is 22.2. The Balaban J connectivity index is 1.40. The van der Waals surface area contributed by atoms with Gasteiger partial charge in [-0.3, -0.25) is 4.79 Å². The van der Waals surface area contributed by atoms with Gasteiger partial charge in [0.1, 0.15) is 5.75 Å². The number of benzene rings is 2. The molecule has 2 aromatic carbocycles. The molecule has 2 aliphatic carbocycles. The number of nitrogens with zero attached hydrogens (tertiary/aromatic N) is 1. The molecular weight excluding hydrogens is 536 g/mol. The van der Waals surface area contributed by atoms with Gasteiger partial charge in [-0.15, -0.1) is 0 Å². The molecule has 1 spiro atoms. The van der Waals surface area contributed by atoms with Gasteiger partial charge in [0.05, 0.1) is 24.2 Å². The zero-order valence-corrected chi connectivity index (χ0v) is 23.8. The van der Waals surface area contributed by atoms with E-state index in [0.717, 1.165) is 62.3 Å². The van der Waals surface area contributed by atoms with Crippen molar-refractivity contribution in [2.24, 2.45) is 11.8 Å². The van der Waals surface area contributed by atoms with Crippen molar-refractivity contribution in [2.75, 3.05) is 30.3 Å². The Hall–Kier alpha value is -2.29. The van der Waals surface area contributed by atoms with Crippen LogP contribution in [0.1, 0.15) is 72.9 Å². The first-order valence-corrected chi connectivity index (χ1v) is 16.3. The number of aliphatic hydroxyl groups excluding tert-OH is 1. The van der Waals surface area contributed by atoms with Gasteiger partial charge in [0, 0.05) is 29.1 Å². The summed E-state index contributed by atoms with van der Waals surface area (Å²) in [6, 6.07) is 11.4. The van der Waals surface area contributed by atoms with Crippen LogP contribution in [0.4, 0.5) is 5.69 Å². The minimum atomic E-state index is -3.75. The van der Waals surface area contributed by atoms with Gasteiger partial charge in [0.15, 0.2) is 0 Å². The van der Waals surface area contributed by atoms with E-state index in [1.54, 1.807) is 18.2 Å². The SMILES string of the molecule is O=C1NS(=O)(=O)CCCCC[C@@H](O)[C@@H]2CC[C@H]2CN2C[C@@]3(CCCc4cc(Cl)ccc43)COc3ccc1cc32. The number of rotatable bonds is 0. The summed E-state index contributed by atoms with van der Waals surface area (Å²) in [4.78, 5) is 15.4. The number of carbonyl (C=O) groups excluding carboxylic acids is 1. The quantitative estimate of drug-likeness (QED) is 0.469. The van der Waals surface area contributed by atoms with Crippen LogP contribution < -0.4 is 14.4 Å². The Morgan fingerprint density at radius 3 is 2.74 bits per heavy atom. The van der Waals surface area contributed by atoms with Gasteiger partial charge < -0.3 is 14.7 Å². The summed E-state index contributed by atoms with van der Waals surface area (Å²) in [5.41, 5.74) is 3.41. The average molecular weight is 573 g/mol. The molecule has 4 atom stereocenters. The minimum absolute atomic E-state index is 0.104. The van der Waals surface area contributed by atoms with Crippen LogP contribution in [0.25, 0.3) is 0 Å². The standard InChI is InChI=1S/C30H37ClN2O5S/c31-23-9-11-25-20(15-23)5-4-13-30(25)18-33-17-22-7-10-24(22)27(34)6-2-1-3-14-39(36,37)32-29(35)21-8-12-28(38-19-30)26(33)16-21/h8-9,11-12,15-16,22,24,27,34H,1-7,10,13-14,17-19H2,(H,32,35)/t22-,24+,27+,30-/m0/s1. The molecule has 9 heteroatoms. The summed E-state index contributed by atoms with van der Waals surface area (Å²) in [5.74, 6) is 0.562. The number of nitrogens with one attached hydrogen (secondary N) is 1. The minimum Gasteiger partial charge on any atom is -0.490 e. The van der Waals surface area contributed by atoms with Gasteiger partial charge in [-0.2, -0.15) is 0 Å². The molecule has 6 rings (SSSR count). The van der Waals surface area contributed by atoms with Crippen LogP contribution >= 0.6 is 11.6 Å². The fourth-order valence-electron chi connectivity index (χ4n) is 7.15. The number of hydrogen-bond donors (Lipinski definition) is 2. The van der Waals surface area contributed by atoms with Gasteiger partial charge in [0.25, 0.3) is 5.91 Å². The van der Waals surface area contributed by atoms with Gasteiger partial charge in [-0.1, -0.05) is 30.5 Å². The normalized spacial score (nSPS) is 30.7. The number of aryl methyl sites for hydroxylation is 1. The maximum absolute atomic E-state index is 13.1. The van der Waals surface area contributed by atoms with E-state index in [9.17, 15) is 18.3 Å². The summed E-state index contributed by atoms with van der Waals surface area (Å²) in [7, 11) is -3.75. The number of amides is 1. The third-order valence-corrected chi connectivity index (χ3v) is 10.9. The third kappa shape index (κ3) is 5.40. The maximum Gasteiger partial charge on any atom is 0.264 e. The molecule has 0 saturated heterocycles. The number of halogens is 1. The number of sulfonamides is 1. The lowest BCUT2D eigenvalue weighted by Crippen LogP contribution is -2.49. The van der Waals surface area contributed by atoms with E-state index in [2.05, 4.69) is 21.8 Å². The van der Waals surface area contributed by atoms with Gasteiger partial charge in [-0.25, -0.2) is 13.1 Å². The molecule has 1 saturated carbocycles.